The van der Waals surface area contributed by atoms with Gasteiger partial charge in [0.05, 0.1) is 16.7 Å². The summed E-state index contributed by atoms with van der Waals surface area (Å²) in [4.78, 5) is 12.7. The largest absolute Gasteiger partial charge is 0.376 e. The number of nitrogens with zero attached hydrogens (tertiary/aromatic N) is 1. The first kappa shape index (κ1) is 20.4. The molecule has 0 bridgehead atoms. The van der Waals surface area contributed by atoms with Crippen LogP contribution in [0.3, 0.4) is 0 Å². The van der Waals surface area contributed by atoms with E-state index in [1.807, 2.05) is 26.0 Å². The molecular formula is C21H26N2O4S. The maximum Gasteiger partial charge on any atom is 0.264 e. The van der Waals surface area contributed by atoms with Gasteiger partial charge in [-0.25, -0.2) is 8.42 Å². The van der Waals surface area contributed by atoms with Crippen LogP contribution in [-0.4, -0.2) is 40.1 Å². The Kier molecular flexibility index (Phi) is 6.36. The smallest absolute Gasteiger partial charge is 0.264 e. The topological polar surface area (TPSA) is 75.7 Å². The highest BCUT2D eigenvalue weighted by Crippen LogP contribution is 2.27. The number of nitrogens with one attached hydrogen (secondary N) is 1. The van der Waals surface area contributed by atoms with Crippen molar-refractivity contribution in [2.45, 2.75) is 37.7 Å². The summed E-state index contributed by atoms with van der Waals surface area (Å²) in [6.07, 6.45) is 1.89. The molecule has 1 aliphatic rings. The van der Waals surface area contributed by atoms with Gasteiger partial charge in [-0.1, -0.05) is 35.9 Å². The van der Waals surface area contributed by atoms with Gasteiger partial charge < -0.3 is 10.1 Å². The number of aryl methyl sites for hydroxylation is 2. The number of ether oxygens (including phenoxy) is 1. The summed E-state index contributed by atoms with van der Waals surface area (Å²) in [5.74, 6) is -0.352. The molecule has 2 aromatic carbocycles. The van der Waals surface area contributed by atoms with Gasteiger partial charge in [-0.3, -0.25) is 9.10 Å². The number of hydrogen-bond acceptors (Lipinski definition) is 4. The zero-order valence-electron chi connectivity index (χ0n) is 16.2. The van der Waals surface area contributed by atoms with E-state index in [2.05, 4.69) is 5.32 Å². The fourth-order valence-corrected chi connectivity index (χ4v) is 4.83. The minimum absolute atomic E-state index is 0.00393. The molecule has 1 amide bonds. The standard InChI is InChI=1S/C21H26N2O4S/c1-16-10-11-20(17(2)13-16)23(28(25,26)19-8-4-3-5-9-19)15-21(24)22-14-18-7-6-12-27-18/h3-5,8-11,13,18H,6-7,12,14-15H2,1-2H3,(H,22,24)/t18-/m1/s1. The lowest BCUT2D eigenvalue weighted by Gasteiger charge is -2.26. The number of sulfonamides is 1. The lowest BCUT2D eigenvalue weighted by atomic mass is 10.1. The van der Waals surface area contributed by atoms with Crippen LogP contribution >= 0.6 is 0 Å². The van der Waals surface area contributed by atoms with Crippen LogP contribution in [0.25, 0.3) is 0 Å². The second-order valence-electron chi connectivity index (χ2n) is 7.05. The molecule has 150 valence electrons. The van der Waals surface area contributed by atoms with E-state index < -0.39 is 10.0 Å². The van der Waals surface area contributed by atoms with Crippen LogP contribution in [-0.2, 0) is 19.6 Å². The molecule has 1 fully saturated rings. The van der Waals surface area contributed by atoms with Crippen LogP contribution in [0.15, 0.2) is 53.4 Å². The highest BCUT2D eigenvalue weighted by molar-refractivity contribution is 7.92. The Bertz CT molecular complexity index is 923. The minimum Gasteiger partial charge on any atom is -0.376 e. The molecule has 3 rings (SSSR count). The average molecular weight is 403 g/mol. The van der Waals surface area contributed by atoms with Crippen molar-refractivity contribution in [2.75, 3.05) is 24.0 Å². The molecule has 0 radical (unpaired) electrons. The van der Waals surface area contributed by atoms with Crippen LogP contribution in [0.2, 0.25) is 0 Å². The van der Waals surface area contributed by atoms with E-state index >= 15 is 0 Å². The molecule has 1 atom stereocenters. The van der Waals surface area contributed by atoms with E-state index in [9.17, 15) is 13.2 Å². The second-order valence-corrected chi connectivity index (χ2v) is 8.92. The zero-order chi connectivity index (χ0) is 20.1. The number of hydrogen-bond donors (Lipinski definition) is 1. The molecule has 1 heterocycles. The predicted molar refractivity (Wildman–Crippen MR) is 109 cm³/mol. The van der Waals surface area contributed by atoms with Gasteiger partial charge in [-0.05, 0) is 50.5 Å². The number of anilines is 1. The Morgan fingerprint density at radius 1 is 1.18 bits per heavy atom. The SMILES string of the molecule is Cc1ccc(N(CC(=O)NC[C@H]2CCCO2)S(=O)(=O)c2ccccc2)c(C)c1. The number of benzene rings is 2. The van der Waals surface area contributed by atoms with Crippen LogP contribution in [0.4, 0.5) is 5.69 Å². The molecule has 0 saturated carbocycles. The fraction of sp³-hybridized carbons (Fsp3) is 0.381. The molecule has 6 nitrogen and oxygen atoms in total. The Labute approximate surface area is 166 Å². The first-order chi connectivity index (χ1) is 13.4. The summed E-state index contributed by atoms with van der Waals surface area (Å²) >= 11 is 0. The van der Waals surface area contributed by atoms with Crippen molar-refractivity contribution in [2.24, 2.45) is 0 Å². The van der Waals surface area contributed by atoms with Crippen molar-refractivity contribution in [1.82, 2.24) is 5.32 Å². The molecule has 1 aliphatic heterocycles. The second kappa shape index (κ2) is 8.75. The Morgan fingerprint density at radius 3 is 2.57 bits per heavy atom. The third-order valence-electron chi connectivity index (χ3n) is 4.79. The van der Waals surface area contributed by atoms with Gasteiger partial charge in [0, 0.05) is 13.2 Å². The van der Waals surface area contributed by atoms with Gasteiger partial charge >= 0.3 is 0 Å². The van der Waals surface area contributed by atoms with Crippen molar-refractivity contribution in [3.8, 4) is 0 Å². The van der Waals surface area contributed by atoms with Crippen LogP contribution in [0.5, 0.6) is 0 Å². The monoisotopic (exact) mass is 402 g/mol. The summed E-state index contributed by atoms with van der Waals surface area (Å²) in [5.41, 5.74) is 2.33. The van der Waals surface area contributed by atoms with Gasteiger partial charge in [0.1, 0.15) is 6.54 Å². The molecule has 0 aromatic heterocycles. The molecule has 1 N–H and O–H groups in total. The predicted octanol–water partition coefficient (Wildman–Crippen LogP) is 2.79. The molecule has 7 heteroatoms. The highest BCUT2D eigenvalue weighted by atomic mass is 32.2. The third-order valence-corrected chi connectivity index (χ3v) is 6.56. The Balaban J connectivity index is 1.87. The van der Waals surface area contributed by atoms with Gasteiger partial charge in [0.15, 0.2) is 0 Å². The number of carbonyl (C=O) groups excluding carboxylic acids is 1. The van der Waals surface area contributed by atoms with Crippen LogP contribution < -0.4 is 9.62 Å². The summed E-state index contributed by atoms with van der Waals surface area (Å²) in [6.45, 7) is 4.61. The Morgan fingerprint density at radius 2 is 1.93 bits per heavy atom. The van der Waals surface area contributed by atoms with Crippen molar-refractivity contribution in [1.29, 1.82) is 0 Å². The zero-order valence-corrected chi connectivity index (χ0v) is 17.0. The van der Waals surface area contributed by atoms with E-state index in [4.69, 9.17) is 4.74 Å². The first-order valence-corrected chi connectivity index (χ1v) is 10.9. The molecule has 0 spiro atoms. The van der Waals surface area contributed by atoms with Crippen molar-refractivity contribution in [3.63, 3.8) is 0 Å². The van der Waals surface area contributed by atoms with E-state index in [1.54, 1.807) is 24.3 Å². The molecular weight excluding hydrogens is 376 g/mol. The summed E-state index contributed by atoms with van der Waals surface area (Å²) < 4.78 is 33.3. The van der Waals surface area contributed by atoms with E-state index in [0.29, 0.717) is 18.8 Å². The fourth-order valence-electron chi connectivity index (χ4n) is 3.32. The van der Waals surface area contributed by atoms with Gasteiger partial charge in [-0.15, -0.1) is 0 Å². The lowest BCUT2D eigenvalue weighted by Crippen LogP contribution is -2.43. The van der Waals surface area contributed by atoms with Crippen molar-refractivity contribution < 1.29 is 17.9 Å². The highest BCUT2D eigenvalue weighted by Gasteiger charge is 2.28. The molecule has 1 saturated heterocycles. The summed E-state index contributed by atoms with van der Waals surface area (Å²) in [7, 11) is -3.88. The molecule has 0 aliphatic carbocycles. The lowest BCUT2D eigenvalue weighted by molar-refractivity contribution is -0.120. The normalized spacial score (nSPS) is 16.7. The van der Waals surface area contributed by atoms with Gasteiger partial charge in [0.25, 0.3) is 10.0 Å². The maximum absolute atomic E-state index is 13.3. The molecule has 0 unspecified atom stereocenters. The average Bonchev–Trinajstić information content (AvgIpc) is 3.19. The van der Waals surface area contributed by atoms with Crippen LogP contribution in [0.1, 0.15) is 24.0 Å². The Hall–Kier alpha value is -2.38. The van der Waals surface area contributed by atoms with E-state index in [1.165, 1.54) is 16.4 Å². The quantitative estimate of drug-likeness (QED) is 0.773. The first-order valence-electron chi connectivity index (χ1n) is 9.41. The number of carbonyl (C=O) groups is 1. The maximum atomic E-state index is 13.3. The third kappa shape index (κ3) is 4.72. The van der Waals surface area contributed by atoms with E-state index in [-0.39, 0.29) is 23.5 Å². The summed E-state index contributed by atoms with van der Waals surface area (Å²) in [5, 5.41) is 2.81. The van der Waals surface area contributed by atoms with Gasteiger partial charge in [0.2, 0.25) is 5.91 Å². The number of amides is 1. The minimum atomic E-state index is -3.88. The van der Waals surface area contributed by atoms with Crippen molar-refractivity contribution >= 4 is 21.6 Å². The van der Waals surface area contributed by atoms with Gasteiger partial charge in [-0.2, -0.15) is 0 Å². The molecule has 28 heavy (non-hydrogen) atoms. The summed E-state index contributed by atoms with van der Waals surface area (Å²) in [6, 6.07) is 13.7. The van der Waals surface area contributed by atoms with Crippen molar-refractivity contribution in [3.05, 3.63) is 59.7 Å². The van der Waals surface area contributed by atoms with Crippen LogP contribution in [0, 0.1) is 13.8 Å². The molecule has 2 aromatic rings. The number of rotatable bonds is 7. The van der Waals surface area contributed by atoms with E-state index in [0.717, 1.165) is 24.0 Å².